The molecule has 0 spiro atoms. The summed E-state index contributed by atoms with van der Waals surface area (Å²) >= 11 is 0. The van der Waals surface area contributed by atoms with Crippen molar-refractivity contribution in [2.24, 2.45) is 0 Å². The van der Waals surface area contributed by atoms with Gasteiger partial charge in [0.05, 0.1) is 40.8 Å². The summed E-state index contributed by atoms with van der Waals surface area (Å²) in [5.74, 6) is -2.21. The van der Waals surface area contributed by atoms with Gasteiger partial charge in [-0.15, -0.1) is 0 Å². The van der Waals surface area contributed by atoms with Gasteiger partial charge in [-0.1, -0.05) is 24.3 Å². The number of nitrogens with zero attached hydrogens (tertiary/aromatic N) is 2. The Morgan fingerprint density at radius 3 is 1.29 bits per heavy atom. The molecule has 6 aromatic carbocycles. The zero-order chi connectivity index (χ0) is 53.1. The minimum absolute atomic E-state index is 0.00101. The van der Waals surface area contributed by atoms with Gasteiger partial charge in [0.25, 0.3) is 0 Å². The number of hydrogen-bond acceptors (Lipinski definition) is 7. The normalized spacial score (nSPS) is 11.5. The molecule has 0 aliphatic heterocycles. The van der Waals surface area contributed by atoms with Gasteiger partial charge < -0.3 is 39.9 Å². The minimum Gasteiger partial charge on any atom is -0.488 e. The smallest absolute Gasteiger partial charge is 0.416 e. The van der Waals surface area contributed by atoms with E-state index in [1.807, 2.05) is 0 Å². The third kappa shape index (κ3) is 11.6. The SMILES string of the molecule is COC(=O)c1cc(-n2c(C)ccc2-c2cc(C(F)(F)F)ccc2OCc2ccc(F)cc2)cc(N)c1C.Cc1c(N)cc(-n2c(C)ccc2-c2cc(C(F)(F)F)ccc2OCc2ccc(F)cc2)cc1C(=O)O. The molecule has 0 saturated heterocycles. The van der Waals surface area contributed by atoms with E-state index < -0.39 is 47.1 Å². The number of benzene rings is 6. The summed E-state index contributed by atoms with van der Waals surface area (Å²) in [4.78, 5) is 24.1. The number of aromatic carboxylic acids is 1. The van der Waals surface area contributed by atoms with Crippen LogP contribution in [0.1, 0.15) is 65.5 Å². The predicted molar refractivity (Wildman–Crippen MR) is 260 cm³/mol. The van der Waals surface area contributed by atoms with Crippen molar-refractivity contribution in [3.8, 4) is 45.4 Å². The third-order valence-electron chi connectivity index (χ3n) is 12.0. The molecule has 0 saturated carbocycles. The van der Waals surface area contributed by atoms with Crippen LogP contribution < -0.4 is 20.9 Å². The number of carboxylic acid groups (broad SMARTS) is 1. The van der Waals surface area contributed by atoms with Gasteiger partial charge >= 0.3 is 24.3 Å². The summed E-state index contributed by atoms with van der Waals surface area (Å²) in [7, 11) is 1.25. The zero-order valence-electron chi connectivity index (χ0n) is 39.7. The molecule has 8 rings (SSSR count). The van der Waals surface area contributed by atoms with Gasteiger partial charge in [-0.25, -0.2) is 18.4 Å². The molecule has 18 heteroatoms. The molecule has 0 amide bonds. The molecule has 0 atom stereocenters. The fourth-order valence-electron chi connectivity index (χ4n) is 7.98. The summed E-state index contributed by atoms with van der Waals surface area (Å²) in [5.41, 5.74) is 16.8. The highest BCUT2D eigenvalue weighted by Crippen LogP contribution is 2.42. The number of carbonyl (C=O) groups is 2. The fraction of sp³-hybridized carbons (Fsp3) is 0.164. The summed E-state index contributed by atoms with van der Waals surface area (Å²) in [6, 6.07) is 30.6. The molecule has 0 aliphatic carbocycles. The maximum atomic E-state index is 13.7. The Labute approximate surface area is 413 Å². The lowest BCUT2D eigenvalue weighted by molar-refractivity contribution is -0.138. The Kier molecular flexibility index (Phi) is 15.1. The number of esters is 1. The zero-order valence-corrected chi connectivity index (χ0v) is 39.7. The van der Waals surface area contributed by atoms with Gasteiger partial charge in [0.1, 0.15) is 36.3 Å². The number of anilines is 2. The number of carbonyl (C=O) groups excluding carboxylic acids is 1. The number of halogens is 8. The van der Waals surface area contributed by atoms with Crippen LogP contribution >= 0.6 is 0 Å². The molecule has 0 fully saturated rings. The predicted octanol–water partition coefficient (Wildman–Crippen LogP) is 13.6. The van der Waals surface area contributed by atoms with Gasteiger partial charge in [-0.3, -0.25) is 0 Å². The number of hydrogen-bond donors (Lipinski definition) is 3. The summed E-state index contributed by atoms with van der Waals surface area (Å²) in [6.45, 7) is 6.81. The first-order valence-corrected chi connectivity index (χ1v) is 22.1. The number of ether oxygens (including phenoxy) is 3. The van der Waals surface area contributed by atoms with Crippen molar-refractivity contribution >= 4 is 23.3 Å². The number of rotatable bonds is 12. The van der Waals surface area contributed by atoms with Crippen molar-refractivity contribution in [2.75, 3.05) is 18.6 Å². The van der Waals surface area contributed by atoms with Crippen molar-refractivity contribution < 1.29 is 64.0 Å². The summed E-state index contributed by atoms with van der Waals surface area (Å²) < 4.78 is 128. The second-order valence-electron chi connectivity index (χ2n) is 16.9. The van der Waals surface area contributed by atoms with E-state index in [1.54, 1.807) is 79.3 Å². The topological polar surface area (TPSA) is 144 Å². The number of alkyl halides is 6. The van der Waals surface area contributed by atoms with Crippen LogP contribution in [0.25, 0.3) is 33.9 Å². The summed E-state index contributed by atoms with van der Waals surface area (Å²) in [5, 5.41) is 9.60. The number of aromatic nitrogens is 2. The third-order valence-corrected chi connectivity index (χ3v) is 12.0. The van der Waals surface area contributed by atoms with Crippen LogP contribution in [0.2, 0.25) is 0 Å². The highest BCUT2D eigenvalue weighted by molar-refractivity contribution is 5.94. The van der Waals surface area contributed by atoms with Crippen molar-refractivity contribution in [2.45, 2.75) is 53.3 Å². The monoisotopic (exact) mass is 1010 g/mol. The van der Waals surface area contributed by atoms with Crippen molar-refractivity contribution in [1.29, 1.82) is 0 Å². The molecule has 2 heterocycles. The molecule has 5 N–H and O–H groups in total. The van der Waals surface area contributed by atoms with Crippen LogP contribution in [0, 0.1) is 39.3 Å². The standard InChI is InChI=1S/C28H24F4N2O3.C27H22F4N2O3/c1-16-4-10-25(34(16)21-13-22(27(35)36-3)17(2)24(33)14-21)23-12-19(28(30,31)32)7-11-26(23)37-15-18-5-8-20(29)9-6-18;1-15-3-9-24(33(15)20-12-21(26(34)35)16(2)23(32)13-20)22-11-18(27(29,30)31)6-10-25(22)36-14-17-4-7-19(28)8-5-17/h4-14H,15,33H2,1-3H3;3-13H,14,32H2,1-2H3,(H,34,35). The Morgan fingerprint density at radius 1 is 0.534 bits per heavy atom. The van der Waals surface area contributed by atoms with Gasteiger partial charge in [-0.05, 0) is 159 Å². The lowest BCUT2D eigenvalue weighted by Gasteiger charge is -2.19. The molecule has 0 aliphatic rings. The number of carboxylic acids is 1. The summed E-state index contributed by atoms with van der Waals surface area (Å²) in [6.07, 6.45) is -9.18. The molecule has 8 aromatic rings. The van der Waals surface area contributed by atoms with Gasteiger partial charge in [0.15, 0.2) is 0 Å². The fourth-order valence-corrected chi connectivity index (χ4v) is 7.98. The van der Waals surface area contributed by atoms with E-state index in [1.165, 1.54) is 73.8 Å². The Bertz CT molecular complexity index is 3340. The van der Waals surface area contributed by atoms with Crippen molar-refractivity contribution in [1.82, 2.24) is 9.13 Å². The molecule has 2 aromatic heterocycles. The first-order valence-electron chi connectivity index (χ1n) is 22.1. The largest absolute Gasteiger partial charge is 0.488 e. The van der Waals surface area contributed by atoms with E-state index in [0.29, 0.717) is 62.1 Å². The Balaban J connectivity index is 0.000000214. The van der Waals surface area contributed by atoms with Crippen LogP contribution in [0.3, 0.4) is 0 Å². The lowest BCUT2D eigenvalue weighted by atomic mass is 10.0. The minimum atomic E-state index is -4.60. The van der Waals surface area contributed by atoms with Crippen molar-refractivity contribution in [3.05, 3.63) is 201 Å². The average Bonchev–Trinajstić information content (AvgIpc) is 3.93. The van der Waals surface area contributed by atoms with E-state index in [-0.39, 0.29) is 52.7 Å². The molecular formula is C55H46F8N4O6. The van der Waals surface area contributed by atoms with Gasteiger partial charge in [0, 0.05) is 45.3 Å². The van der Waals surface area contributed by atoms with Crippen LogP contribution in [-0.4, -0.2) is 33.3 Å². The van der Waals surface area contributed by atoms with E-state index in [9.17, 15) is 49.8 Å². The van der Waals surface area contributed by atoms with Gasteiger partial charge in [-0.2, -0.15) is 26.3 Å². The quantitative estimate of drug-likeness (QED) is 0.0623. The second kappa shape index (κ2) is 21.0. The lowest BCUT2D eigenvalue weighted by Crippen LogP contribution is -2.10. The van der Waals surface area contributed by atoms with Crippen LogP contribution in [0.15, 0.2) is 133 Å². The van der Waals surface area contributed by atoms with Crippen LogP contribution in [0.4, 0.5) is 46.5 Å². The molecule has 73 heavy (non-hydrogen) atoms. The highest BCUT2D eigenvalue weighted by Gasteiger charge is 2.33. The maximum absolute atomic E-state index is 13.7. The molecule has 0 unspecified atom stereocenters. The van der Waals surface area contributed by atoms with E-state index in [4.69, 9.17) is 25.7 Å². The molecular weight excluding hydrogens is 965 g/mol. The second-order valence-corrected chi connectivity index (χ2v) is 16.9. The Morgan fingerprint density at radius 2 is 0.918 bits per heavy atom. The number of nitrogens with two attached hydrogens (primary N) is 2. The highest BCUT2D eigenvalue weighted by atomic mass is 19.4. The van der Waals surface area contributed by atoms with Crippen LogP contribution in [-0.2, 0) is 30.3 Å². The maximum Gasteiger partial charge on any atom is 0.416 e. The molecule has 0 bridgehead atoms. The van der Waals surface area contributed by atoms with Crippen LogP contribution in [0.5, 0.6) is 11.5 Å². The number of methoxy groups -OCH3 is 1. The molecule has 0 radical (unpaired) electrons. The van der Waals surface area contributed by atoms with Crippen molar-refractivity contribution in [3.63, 3.8) is 0 Å². The molecule has 378 valence electrons. The van der Waals surface area contributed by atoms with Gasteiger partial charge in [0.2, 0.25) is 0 Å². The number of aryl methyl sites for hydroxylation is 2. The number of nitrogen functional groups attached to an aromatic ring is 2. The Hall–Kier alpha value is -8.54. The first-order chi connectivity index (χ1) is 34.4. The average molecular weight is 1010 g/mol. The first kappa shape index (κ1) is 52.3. The van der Waals surface area contributed by atoms with E-state index in [0.717, 1.165) is 24.3 Å². The molecule has 10 nitrogen and oxygen atoms in total. The van der Waals surface area contributed by atoms with E-state index in [2.05, 4.69) is 0 Å². The van der Waals surface area contributed by atoms with E-state index >= 15 is 0 Å².